The molecule has 21 heavy (non-hydrogen) atoms. The SMILES string of the molecule is CCCSCC(=O)NC(C(=O)O)c1ccc(OC)c(Br)c1. The van der Waals surface area contributed by atoms with Gasteiger partial charge in [0.2, 0.25) is 5.91 Å². The third-order valence-electron chi connectivity index (χ3n) is 2.64. The number of hydrogen-bond donors (Lipinski definition) is 2. The molecule has 2 N–H and O–H groups in total. The first-order chi connectivity index (χ1) is 9.99. The zero-order valence-corrected chi connectivity index (χ0v) is 14.3. The number of aliphatic carboxylic acids is 1. The average Bonchev–Trinajstić information content (AvgIpc) is 2.44. The maximum absolute atomic E-state index is 11.8. The Morgan fingerprint density at radius 2 is 2.19 bits per heavy atom. The Kier molecular flexibility index (Phi) is 7.60. The van der Waals surface area contributed by atoms with Crippen molar-refractivity contribution in [2.45, 2.75) is 19.4 Å². The number of carboxylic acid groups (broad SMARTS) is 1. The van der Waals surface area contributed by atoms with Crippen LogP contribution < -0.4 is 10.1 Å². The zero-order valence-electron chi connectivity index (χ0n) is 11.9. The quantitative estimate of drug-likeness (QED) is 0.683. The number of ether oxygens (including phenoxy) is 1. The fourth-order valence-electron chi connectivity index (χ4n) is 1.66. The van der Waals surface area contributed by atoms with E-state index in [0.29, 0.717) is 15.8 Å². The predicted molar refractivity (Wildman–Crippen MR) is 86.8 cm³/mol. The summed E-state index contributed by atoms with van der Waals surface area (Å²) in [5.41, 5.74) is 0.490. The predicted octanol–water partition coefficient (Wildman–Crippen LogP) is 2.84. The molecule has 1 aromatic carbocycles. The molecule has 0 radical (unpaired) electrons. The van der Waals surface area contributed by atoms with Crippen LogP contribution in [0.5, 0.6) is 5.75 Å². The van der Waals surface area contributed by atoms with Crippen molar-refractivity contribution in [2.75, 3.05) is 18.6 Å². The molecule has 0 aliphatic rings. The smallest absolute Gasteiger partial charge is 0.330 e. The van der Waals surface area contributed by atoms with Crippen LogP contribution in [0.2, 0.25) is 0 Å². The fourth-order valence-corrected chi connectivity index (χ4v) is 2.92. The maximum atomic E-state index is 11.8. The molecular formula is C14H18BrNO4S. The number of thioether (sulfide) groups is 1. The minimum atomic E-state index is -1.10. The van der Waals surface area contributed by atoms with Gasteiger partial charge in [-0.05, 0) is 45.8 Å². The summed E-state index contributed by atoms with van der Waals surface area (Å²) in [5, 5.41) is 11.8. The van der Waals surface area contributed by atoms with E-state index >= 15 is 0 Å². The molecule has 1 unspecified atom stereocenters. The van der Waals surface area contributed by atoms with Crippen LogP contribution >= 0.6 is 27.7 Å². The van der Waals surface area contributed by atoms with E-state index in [9.17, 15) is 14.7 Å². The Hall–Kier alpha value is -1.21. The van der Waals surface area contributed by atoms with Crippen LogP contribution in [-0.2, 0) is 9.59 Å². The molecule has 0 fully saturated rings. The number of amides is 1. The third-order valence-corrected chi connectivity index (χ3v) is 4.43. The molecule has 0 heterocycles. The summed E-state index contributed by atoms with van der Waals surface area (Å²) in [5.74, 6) is 0.357. The third kappa shape index (κ3) is 5.59. The van der Waals surface area contributed by atoms with E-state index in [-0.39, 0.29) is 11.7 Å². The Morgan fingerprint density at radius 3 is 2.71 bits per heavy atom. The lowest BCUT2D eigenvalue weighted by Gasteiger charge is -2.16. The highest BCUT2D eigenvalue weighted by Gasteiger charge is 2.22. The molecule has 0 bridgehead atoms. The molecule has 1 amide bonds. The molecule has 0 saturated carbocycles. The van der Waals surface area contributed by atoms with E-state index in [0.717, 1.165) is 12.2 Å². The molecule has 116 valence electrons. The molecule has 0 aliphatic heterocycles. The largest absolute Gasteiger partial charge is 0.496 e. The minimum absolute atomic E-state index is 0.259. The van der Waals surface area contributed by atoms with Crippen LogP contribution in [0.25, 0.3) is 0 Å². The first kappa shape index (κ1) is 17.8. The van der Waals surface area contributed by atoms with Crippen LogP contribution in [0.15, 0.2) is 22.7 Å². The van der Waals surface area contributed by atoms with E-state index in [1.54, 1.807) is 18.2 Å². The lowest BCUT2D eigenvalue weighted by Crippen LogP contribution is -2.34. The van der Waals surface area contributed by atoms with Gasteiger partial charge < -0.3 is 15.2 Å². The van der Waals surface area contributed by atoms with Gasteiger partial charge in [-0.15, -0.1) is 0 Å². The summed E-state index contributed by atoms with van der Waals surface area (Å²) >= 11 is 4.79. The molecule has 5 nitrogen and oxygen atoms in total. The van der Waals surface area contributed by atoms with E-state index in [1.807, 2.05) is 6.92 Å². The highest BCUT2D eigenvalue weighted by Crippen LogP contribution is 2.28. The van der Waals surface area contributed by atoms with Gasteiger partial charge in [-0.25, -0.2) is 4.79 Å². The van der Waals surface area contributed by atoms with Crippen molar-refractivity contribution in [1.29, 1.82) is 0 Å². The lowest BCUT2D eigenvalue weighted by atomic mass is 10.1. The van der Waals surface area contributed by atoms with E-state index < -0.39 is 12.0 Å². The molecule has 1 rings (SSSR count). The monoisotopic (exact) mass is 375 g/mol. The molecule has 7 heteroatoms. The summed E-state index contributed by atoms with van der Waals surface area (Å²) < 4.78 is 5.74. The summed E-state index contributed by atoms with van der Waals surface area (Å²) in [6.07, 6.45) is 0.978. The summed E-state index contributed by atoms with van der Waals surface area (Å²) in [6, 6.07) is 3.86. The van der Waals surface area contributed by atoms with E-state index in [2.05, 4.69) is 21.2 Å². The van der Waals surface area contributed by atoms with Crippen molar-refractivity contribution in [3.63, 3.8) is 0 Å². The molecule has 0 aromatic heterocycles. The first-order valence-electron chi connectivity index (χ1n) is 6.43. The maximum Gasteiger partial charge on any atom is 0.330 e. The Balaban J connectivity index is 2.80. The van der Waals surface area contributed by atoms with Gasteiger partial charge in [-0.1, -0.05) is 13.0 Å². The van der Waals surface area contributed by atoms with Crippen molar-refractivity contribution in [1.82, 2.24) is 5.32 Å². The van der Waals surface area contributed by atoms with Gasteiger partial charge in [0, 0.05) is 0 Å². The molecule has 0 spiro atoms. The van der Waals surface area contributed by atoms with Crippen molar-refractivity contribution < 1.29 is 19.4 Å². The summed E-state index contributed by atoms with van der Waals surface area (Å²) in [6.45, 7) is 2.03. The van der Waals surface area contributed by atoms with Gasteiger partial charge in [-0.2, -0.15) is 11.8 Å². The second-order valence-corrected chi connectivity index (χ2v) is 6.24. The number of methoxy groups -OCH3 is 1. The van der Waals surface area contributed by atoms with Gasteiger partial charge >= 0.3 is 5.97 Å². The molecule has 1 aromatic rings. The number of hydrogen-bond acceptors (Lipinski definition) is 4. The second kappa shape index (κ2) is 8.94. The van der Waals surface area contributed by atoms with Crippen LogP contribution in [0.4, 0.5) is 0 Å². The molecule has 0 aliphatic carbocycles. The highest BCUT2D eigenvalue weighted by molar-refractivity contribution is 9.10. The van der Waals surface area contributed by atoms with Gasteiger partial charge in [0.1, 0.15) is 5.75 Å². The number of halogens is 1. The summed E-state index contributed by atoms with van der Waals surface area (Å²) in [7, 11) is 1.53. The number of benzene rings is 1. The number of carbonyl (C=O) groups is 2. The minimum Gasteiger partial charge on any atom is -0.496 e. The first-order valence-corrected chi connectivity index (χ1v) is 8.37. The standard InChI is InChI=1S/C14H18BrNO4S/c1-3-6-21-8-12(17)16-13(14(18)19)9-4-5-11(20-2)10(15)7-9/h4-5,7,13H,3,6,8H2,1-2H3,(H,16,17)(H,18,19). The molecular weight excluding hydrogens is 358 g/mol. The Morgan fingerprint density at radius 1 is 1.48 bits per heavy atom. The van der Waals surface area contributed by atoms with Crippen molar-refractivity contribution in [3.8, 4) is 5.75 Å². The molecule has 0 saturated heterocycles. The van der Waals surface area contributed by atoms with Crippen molar-refractivity contribution in [3.05, 3.63) is 28.2 Å². The van der Waals surface area contributed by atoms with Crippen LogP contribution in [0, 0.1) is 0 Å². The number of carboxylic acids is 1. The van der Waals surface area contributed by atoms with Gasteiger partial charge in [-0.3, -0.25) is 4.79 Å². The Bertz CT molecular complexity index is 510. The summed E-state index contributed by atoms with van der Waals surface area (Å²) in [4.78, 5) is 23.1. The normalized spacial score (nSPS) is 11.8. The highest BCUT2D eigenvalue weighted by atomic mass is 79.9. The van der Waals surface area contributed by atoms with Gasteiger partial charge in [0.25, 0.3) is 0 Å². The number of nitrogens with one attached hydrogen (secondary N) is 1. The average molecular weight is 376 g/mol. The van der Waals surface area contributed by atoms with Gasteiger partial charge in [0.05, 0.1) is 17.3 Å². The van der Waals surface area contributed by atoms with Crippen molar-refractivity contribution >= 4 is 39.6 Å². The van der Waals surface area contributed by atoms with E-state index in [4.69, 9.17) is 4.74 Å². The molecule has 1 atom stereocenters. The van der Waals surface area contributed by atoms with E-state index in [1.165, 1.54) is 18.9 Å². The topological polar surface area (TPSA) is 75.6 Å². The van der Waals surface area contributed by atoms with Gasteiger partial charge in [0.15, 0.2) is 6.04 Å². The second-order valence-electron chi connectivity index (χ2n) is 4.29. The Labute approximate surface area is 136 Å². The lowest BCUT2D eigenvalue weighted by molar-refractivity contribution is -0.141. The zero-order chi connectivity index (χ0) is 15.8. The van der Waals surface area contributed by atoms with Crippen LogP contribution in [-0.4, -0.2) is 35.6 Å². The number of rotatable bonds is 8. The fraction of sp³-hybridized carbons (Fsp3) is 0.429. The van der Waals surface area contributed by atoms with Crippen molar-refractivity contribution in [2.24, 2.45) is 0 Å². The number of carbonyl (C=O) groups excluding carboxylic acids is 1. The van der Waals surface area contributed by atoms with Crippen LogP contribution in [0.3, 0.4) is 0 Å². The van der Waals surface area contributed by atoms with Crippen LogP contribution in [0.1, 0.15) is 24.9 Å².